The molecule has 0 unspecified atom stereocenters. The summed E-state index contributed by atoms with van der Waals surface area (Å²) in [7, 11) is 0. The molecule has 0 radical (unpaired) electrons. The van der Waals surface area contributed by atoms with Crippen molar-refractivity contribution in [2.24, 2.45) is 5.92 Å². The average molecular weight is 453 g/mol. The van der Waals surface area contributed by atoms with Gasteiger partial charge in [0.25, 0.3) is 0 Å². The first-order chi connectivity index (χ1) is 15.6. The van der Waals surface area contributed by atoms with Crippen LogP contribution in [-0.4, -0.2) is 38.2 Å². The van der Waals surface area contributed by atoms with Crippen LogP contribution in [0.3, 0.4) is 0 Å². The van der Waals surface area contributed by atoms with Crippen LogP contribution in [0.5, 0.6) is 0 Å². The number of rotatable bonds is 5. The van der Waals surface area contributed by atoms with Crippen LogP contribution >= 0.6 is 0 Å². The number of alkyl halides is 3. The van der Waals surface area contributed by atoms with E-state index in [9.17, 15) is 18.0 Å². The SMILES string of the molecule is Cc1cccc(-c2nc3cccnn3c2-c2ccnc(N(CC(C)C)C(=O)C(F)(F)F)c2)c1. The minimum atomic E-state index is -5.01. The molecule has 9 heteroatoms. The molecule has 0 N–H and O–H groups in total. The van der Waals surface area contributed by atoms with Crippen molar-refractivity contribution in [1.29, 1.82) is 0 Å². The molecule has 4 rings (SSSR count). The van der Waals surface area contributed by atoms with Gasteiger partial charge in [-0.05, 0) is 43.2 Å². The van der Waals surface area contributed by atoms with E-state index in [1.807, 2.05) is 31.2 Å². The molecule has 0 aliphatic rings. The molecule has 1 amide bonds. The lowest BCUT2D eigenvalue weighted by Crippen LogP contribution is -2.43. The first-order valence-corrected chi connectivity index (χ1v) is 10.4. The summed E-state index contributed by atoms with van der Waals surface area (Å²) in [5.41, 5.74) is 4.26. The van der Waals surface area contributed by atoms with Crippen LogP contribution in [0.2, 0.25) is 0 Å². The molecule has 0 spiro atoms. The number of aromatic nitrogens is 4. The summed E-state index contributed by atoms with van der Waals surface area (Å²) in [6, 6.07) is 14.5. The fraction of sp³-hybridized carbons (Fsp3) is 0.250. The standard InChI is InChI=1S/C24H22F3N5O/c1-15(2)14-31(23(33)24(25,26)27)20-13-18(9-11-28-20)22-21(17-7-4-6-16(3)12-17)30-19-8-5-10-29-32(19)22/h4-13,15H,14H2,1-3H3. The van der Waals surface area contributed by atoms with Gasteiger partial charge < -0.3 is 0 Å². The first kappa shape index (κ1) is 22.4. The number of nitrogens with zero attached hydrogens (tertiary/aromatic N) is 5. The lowest BCUT2D eigenvalue weighted by molar-refractivity contribution is -0.170. The van der Waals surface area contributed by atoms with Crippen molar-refractivity contribution in [2.45, 2.75) is 26.9 Å². The van der Waals surface area contributed by atoms with Gasteiger partial charge in [0.1, 0.15) is 11.5 Å². The average Bonchev–Trinajstić information content (AvgIpc) is 3.16. The van der Waals surface area contributed by atoms with Crippen molar-refractivity contribution < 1.29 is 18.0 Å². The number of aryl methyl sites for hydroxylation is 1. The Bertz CT molecular complexity index is 1310. The third kappa shape index (κ3) is 4.57. The van der Waals surface area contributed by atoms with E-state index in [-0.39, 0.29) is 18.3 Å². The largest absolute Gasteiger partial charge is 0.471 e. The molecule has 6 nitrogen and oxygen atoms in total. The molecule has 0 bridgehead atoms. The highest BCUT2D eigenvalue weighted by atomic mass is 19.4. The Kier molecular flexibility index (Phi) is 5.88. The van der Waals surface area contributed by atoms with Crippen LogP contribution in [0.1, 0.15) is 19.4 Å². The zero-order chi connectivity index (χ0) is 23.8. The van der Waals surface area contributed by atoms with Crippen molar-refractivity contribution in [1.82, 2.24) is 19.6 Å². The van der Waals surface area contributed by atoms with E-state index in [1.165, 1.54) is 12.3 Å². The van der Waals surface area contributed by atoms with Crippen LogP contribution in [0.25, 0.3) is 28.2 Å². The number of hydrogen-bond acceptors (Lipinski definition) is 4. The second-order valence-corrected chi connectivity index (χ2v) is 8.18. The molecule has 0 aliphatic carbocycles. The predicted octanol–water partition coefficient (Wildman–Crippen LogP) is 5.32. The number of carbonyl (C=O) groups is 1. The lowest BCUT2D eigenvalue weighted by Gasteiger charge is -2.25. The van der Waals surface area contributed by atoms with Gasteiger partial charge in [-0.1, -0.05) is 37.6 Å². The monoisotopic (exact) mass is 453 g/mol. The molecule has 170 valence electrons. The van der Waals surface area contributed by atoms with Gasteiger partial charge >= 0.3 is 12.1 Å². The quantitative estimate of drug-likeness (QED) is 0.410. The van der Waals surface area contributed by atoms with Crippen LogP contribution in [0.4, 0.5) is 19.0 Å². The van der Waals surface area contributed by atoms with E-state index in [1.54, 1.807) is 42.8 Å². The highest BCUT2D eigenvalue weighted by Gasteiger charge is 2.43. The summed E-state index contributed by atoms with van der Waals surface area (Å²) in [6.07, 6.45) is -2.01. The van der Waals surface area contributed by atoms with Gasteiger partial charge in [0.05, 0.1) is 5.69 Å². The number of carbonyl (C=O) groups excluding carboxylic acids is 1. The minimum absolute atomic E-state index is 0.0791. The Balaban J connectivity index is 1.90. The highest BCUT2D eigenvalue weighted by molar-refractivity contribution is 5.97. The molecule has 3 heterocycles. The van der Waals surface area contributed by atoms with Gasteiger partial charge in [-0.2, -0.15) is 18.3 Å². The van der Waals surface area contributed by atoms with E-state index in [0.717, 1.165) is 11.1 Å². The Morgan fingerprint density at radius 3 is 2.55 bits per heavy atom. The molecular formula is C24H22F3N5O. The van der Waals surface area contributed by atoms with Crippen molar-refractivity contribution in [2.75, 3.05) is 11.4 Å². The maximum atomic E-state index is 13.3. The van der Waals surface area contributed by atoms with E-state index < -0.39 is 12.1 Å². The number of fused-ring (bicyclic) bond motifs is 1. The Morgan fingerprint density at radius 1 is 1.06 bits per heavy atom. The number of hydrogen-bond donors (Lipinski definition) is 0. The summed E-state index contributed by atoms with van der Waals surface area (Å²) in [5.74, 6) is -2.22. The molecule has 0 aliphatic heterocycles. The molecule has 3 aromatic heterocycles. The zero-order valence-corrected chi connectivity index (χ0v) is 18.3. The summed E-state index contributed by atoms with van der Waals surface area (Å²) >= 11 is 0. The van der Waals surface area contributed by atoms with Crippen LogP contribution in [-0.2, 0) is 4.79 Å². The summed E-state index contributed by atoms with van der Waals surface area (Å²) in [5, 5.41) is 4.40. The van der Waals surface area contributed by atoms with Crippen molar-refractivity contribution >= 4 is 17.4 Å². The molecule has 0 fully saturated rings. The maximum absolute atomic E-state index is 13.3. The van der Waals surface area contributed by atoms with Gasteiger partial charge in [-0.3, -0.25) is 9.69 Å². The number of anilines is 1. The number of halogens is 3. The molecule has 0 saturated heterocycles. The van der Waals surface area contributed by atoms with Crippen molar-refractivity contribution in [3.8, 4) is 22.5 Å². The van der Waals surface area contributed by atoms with Gasteiger partial charge in [0.15, 0.2) is 5.65 Å². The Labute approximate surface area is 188 Å². The number of pyridine rings is 1. The fourth-order valence-corrected chi connectivity index (χ4v) is 3.65. The van der Waals surface area contributed by atoms with Gasteiger partial charge in [-0.25, -0.2) is 14.5 Å². The molecule has 0 saturated carbocycles. The second-order valence-electron chi connectivity index (χ2n) is 8.18. The van der Waals surface area contributed by atoms with E-state index in [4.69, 9.17) is 4.98 Å². The van der Waals surface area contributed by atoms with Crippen LogP contribution < -0.4 is 4.90 Å². The van der Waals surface area contributed by atoms with E-state index >= 15 is 0 Å². The number of imidazole rings is 1. The molecule has 1 aromatic carbocycles. The topological polar surface area (TPSA) is 63.4 Å². The van der Waals surface area contributed by atoms with Crippen LogP contribution in [0.15, 0.2) is 60.9 Å². The Hall–Kier alpha value is -3.75. The molecule has 0 atom stereocenters. The summed E-state index contributed by atoms with van der Waals surface area (Å²) in [4.78, 5) is 21.7. The molecular weight excluding hydrogens is 431 g/mol. The van der Waals surface area contributed by atoms with Gasteiger partial charge in [0.2, 0.25) is 0 Å². The van der Waals surface area contributed by atoms with Crippen molar-refractivity contribution in [3.63, 3.8) is 0 Å². The zero-order valence-electron chi connectivity index (χ0n) is 18.3. The molecule has 33 heavy (non-hydrogen) atoms. The molecule has 4 aromatic rings. The first-order valence-electron chi connectivity index (χ1n) is 10.4. The lowest BCUT2D eigenvalue weighted by atomic mass is 10.0. The van der Waals surface area contributed by atoms with E-state index in [2.05, 4.69) is 10.1 Å². The minimum Gasteiger partial charge on any atom is -0.289 e. The summed E-state index contributed by atoms with van der Waals surface area (Å²) in [6.45, 7) is 5.33. The maximum Gasteiger partial charge on any atom is 0.471 e. The van der Waals surface area contributed by atoms with Crippen molar-refractivity contribution in [3.05, 3.63) is 66.5 Å². The fourth-order valence-electron chi connectivity index (χ4n) is 3.65. The van der Waals surface area contributed by atoms with Crippen LogP contribution in [0, 0.1) is 12.8 Å². The van der Waals surface area contributed by atoms with Gasteiger partial charge in [-0.15, -0.1) is 0 Å². The summed E-state index contributed by atoms with van der Waals surface area (Å²) < 4.78 is 41.5. The number of amides is 1. The number of benzene rings is 1. The van der Waals surface area contributed by atoms with Gasteiger partial charge in [0, 0.05) is 30.1 Å². The second kappa shape index (κ2) is 8.65. The normalized spacial score (nSPS) is 11.8. The third-order valence-electron chi connectivity index (χ3n) is 5.02. The predicted molar refractivity (Wildman–Crippen MR) is 120 cm³/mol. The Morgan fingerprint density at radius 2 is 1.85 bits per heavy atom. The third-order valence-corrected chi connectivity index (χ3v) is 5.02. The van der Waals surface area contributed by atoms with E-state index in [0.29, 0.717) is 27.5 Å². The smallest absolute Gasteiger partial charge is 0.289 e. The highest BCUT2D eigenvalue weighted by Crippen LogP contribution is 2.34.